The number of pyridine rings is 3. The number of hydrogen-bond donors (Lipinski definition) is 0. The molecule has 0 aliphatic carbocycles. The number of furan rings is 1. The largest absolute Gasteiger partial charge is 0.452 e. The molecule has 7 heteroatoms. The van der Waals surface area contributed by atoms with Crippen LogP contribution in [0, 0.1) is 0 Å². The third kappa shape index (κ3) is 3.92. The Bertz CT molecular complexity index is 3550. The Hall–Kier alpha value is -7.77. The lowest BCUT2D eigenvalue weighted by Gasteiger charge is -2.16. The van der Waals surface area contributed by atoms with E-state index >= 15 is 0 Å². The van der Waals surface area contributed by atoms with Crippen LogP contribution in [0.25, 0.3) is 116 Å². The molecule has 0 spiro atoms. The molecular formula is C49H28N6O. The highest BCUT2D eigenvalue weighted by atomic mass is 16.3. The van der Waals surface area contributed by atoms with Gasteiger partial charge in [-0.1, -0.05) is 84.9 Å². The third-order valence-electron chi connectivity index (χ3n) is 11.5. The van der Waals surface area contributed by atoms with Gasteiger partial charge in [0, 0.05) is 61.6 Å². The van der Waals surface area contributed by atoms with Gasteiger partial charge in [0.15, 0.2) is 11.2 Å². The molecule has 0 bridgehead atoms. The Labute approximate surface area is 317 Å². The van der Waals surface area contributed by atoms with Crippen molar-refractivity contribution >= 4 is 93.3 Å². The Morgan fingerprint density at radius 3 is 1.62 bits per heavy atom. The van der Waals surface area contributed by atoms with Gasteiger partial charge in [-0.3, -0.25) is 14.4 Å². The Balaban J connectivity index is 1.15. The van der Waals surface area contributed by atoms with Crippen LogP contribution in [-0.2, 0) is 0 Å². The quantitative estimate of drug-likeness (QED) is 0.183. The molecule has 260 valence electrons. The number of hydrogen-bond acceptors (Lipinski definition) is 4. The molecule has 0 saturated carbocycles. The molecule has 0 unspecified atom stereocenters. The van der Waals surface area contributed by atoms with Crippen molar-refractivity contribution < 1.29 is 4.42 Å². The van der Waals surface area contributed by atoms with E-state index in [1.165, 1.54) is 21.5 Å². The molecule has 13 rings (SSSR count). The summed E-state index contributed by atoms with van der Waals surface area (Å²) in [5, 5.41) is 6.71. The van der Waals surface area contributed by atoms with Crippen LogP contribution in [0.4, 0.5) is 0 Å². The van der Waals surface area contributed by atoms with Crippen LogP contribution >= 0.6 is 0 Å². The molecule has 13 aromatic rings. The summed E-state index contributed by atoms with van der Waals surface area (Å²) in [6, 6.07) is 55.8. The average molecular weight is 717 g/mol. The van der Waals surface area contributed by atoms with Crippen molar-refractivity contribution in [1.82, 2.24) is 28.5 Å². The number of benzene rings is 6. The standard InChI is InChI=1S/C49H28N6O/c1-6-17-40-32(12-1)33-13-2-7-18-41(33)53(40)30-24-29(25-31(26-30)54-42-19-8-3-14-34(42)35-15-4-9-20-43(35)54)39-27-36-37(28-51-39)49-52-38-16-5-10-21-44(38)55(49)47-46-45(56-48(36)47)22-11-23-50-46/h1-28H. The van der Waals surface area contributed by atoms with Crippen molar-refractivity contribution in [3.05, 3.63) is 170 Å². The Morgan fingerprint density at radius 2 is 1.02 bits per heavy atom. The van der Waals surface area contributed by atoms with Crippen molar-refractivity contribution in [2.24, 2.45) is 0 Å². The van der Waals surface area contributed by atoms with E-state index in [-0.39, 0.29) is 0 Å². The van der Waals surface area contributed by atoms with Gasteiger partial charge >= 0.3 is 0 Å². The maximum absolute atomic E-state index is 6.69. The molecular weight excluding hydrogens is 689 g/mol. The minimum atomic E-state index is 0.731. The summed E-state index contributed by atoms with van der Waals surface area (Å²) in [5.41, 5.74) is 14.4. The van der Waals surface area contributed by atoms with Crippen LogP contribution in [-0.4, -0.2) is 28.5 Å². The molecule has 0 amide bonds. The van der Waals surface area contributed by atoms with E-state index < -0.39 is 0 Å². The molecule has 0 saturated heterocycles. The van der Waals surface area contributed by atoms with E-state index in [0.29, 0.717) is 0 Å². The van der Waals surface area contributed by atoms with Crippen LogP contribution in [0.15, 0.2) is 175 Å². The zero-order chi connectivity index (χ0) is 36.5. The molecule has 0 N–H and O–H groups in total. The average Bonchev–Trinajstić information content (AvgIpc) is 4.01. The molecule has 7 heterocycles. The first kappa shape index (κ1) is 29.7. The van der Waals surface area contributed by atoms with E-state index in [1.807, 2.05) is 42.7 Å². The molecule has 0 radical (unpaired) electrons. The fourth-order valence-corrected chi connectivity index (χ4v) is 9.12. The van der Waals surface area contributed by atoms with E-state index in [1.54, 1.807) is 0 Å². The highest BCUT2D eigenvalue weighted by Crippen LogP contribution is 2.41. The minimum Gasteiger partial charge on any atom is -0.452 e. The van der Waals surface area contributed by atoms with Gasteiger partial charge in [0.05, 0.1) is 38.8 Å². The number of para-hydroxylation sites is 6. The van der Waals surface area contributed by atoms with E-state index in [9.17, 15) is 0 Å². The third-order valence-corrected chi connectivity index (χ3v) is 11.5. The maximum atomic E-state index is 6.69. The summed E-state index contributed by atoms with van der Waals surface area (Å²) in [6.07, 6.45) is 3.78. The molecule has 56 heavy (non-hydrogen) atoms. The van der Waals surface area contributed by atoms with Gasteiger partial charge in [-0.05, 0) is 72.8 Å². The van der Waals surface area contributed by atoms with E-state index in [2.05, 4.69) is 141 Å². The monoisotopic (exact) mass is 716 g/mol. The molecule has 0 aliphatic rings. The van der Waals surface area contributed by atoms with Crippen molar-refractivity contribution in [3.8, 4) is 22.6 Å². The van der Waals surface area contributed by atoms with Gasteiger partial charge in [0.2, 0.25) is 0 Å². The molecule has 6 aromatic carbocycles. The fraction of sp³-hybridized carbons (Fsp3) is 0. The maximum Gasteiger partial charge on any atom is 0.162 e. The molecule has 7 nitrogen and oxygen atoms in total. The summed E-state index contributed by atoms with van der Waals surface area (Å²) in [4.78, 5) is 15.2. The first-order valence-electron chi connectivity index (χ1n) is 18.8. The van der Waals surface area contributed by atoms with Crippen LogP contribution in [0.3, 0.4) is 0 Å². The lowest BCUT2D eigenvalue weighted by Crippen LogP contribution is -2.00. The normalized spacial score (nSPS) is 12.3. The highest BCUT2D eigenvalue weighted by Gasteiger charge is 2.22. The SMILES string of the molecule is c1ccc2c(c1)nc1c3cnc(-c4cc(-n5c6ccccc6c6ccccc65)cc(-n5c6ccccc6c6ccccc65)c4)cc3c3oc4cccnc4c3n21. The number of nitrogens with zero attached hydrogens (tertiary/aromatic N) is 6. The molecule has 0 aliphatic heterocycles. The van der Waals surface area contributed by atoms with Crippen molar-refractivity contribution in [2.45, 2.75) is 0 Å². The lowest BCUT2D eigenvalue weighted by atomic mass is 10.1. The summed E-state index contributed by atoms with van der Waals surface area (Å²) < 4.78 is 13.6. The molecule has 0 fully saturated rings. The summed E-state index contributed by atoms with van der Waals surface area (Å²) in [6.45, 7) is 0. The van der Waals surface area contributed by atoms with Crippen molar-refractivity contribution in [3.63, 3.8) is 0 Å². The van der Waals surface area contributed by atoms with Crippen LogP contribution in [0.2, 0.25) is 0 Å². The predicted octanol–water partition coefficient (Wildman–Crippen LogP) is 12.2. The first-order chi connectivity index (χ1) is 27.8. The van der Waals surface area contributed by atoms with E-state index in [4.69, 9.17) is 19.4 Å². The zero-order valence-corrected chi connectivity index (χ0v) is 29.8. The molecule has 0 atom stereocenters. The number of fused-ring (bicyclic) bond motifs is 16. The highest BCUT2D eigenvalue weighted by molar-refractivity contribution is 6.18. The van der Waals surface area contributed by atoms with Crippen molar-refractivity contribution in [1.29, 1.82) is 0 Å². The smallest absolute Gasteiger partial charge is 0.162 e. The lowest BCUT2D eigenvalue weighted by molar-refractivity contribution is 0.671. The van der Waals surface area contributed by atoms with Gasteiger partial charge in [0.25, 0.3) is 0 Å². The number of aromatic nitrogens is 6. The van der Waals surface area contributed by atoms with Crippen LogP contribution in [0.1, 0.15) is 0 Å². The second kappa shape index (κ2) is 10.9. The fourth-order valence-electron chi connectivity index (χ4n) is 9.12. The van der Waals surface area contributed by atoms with Gasteiger partial charge < -0.3 is 13.6 Å². The summed E-state index contributed by atoms with van der Waals surface area (Å²) in [7, 11) is 0. The zero-order valence-electron chi connectivity index (χ0n) is 29.8. The Morgan fingerprint density at radius 1 is 0.464 bits per heavy atom. The predicted molar refractivity (Wildman–Crippen MR) is 227 cm³/mol. The number of imidazole rings is 1. The topological polar surface area (TPSA) is 66.1 Å². The van der Waals surface area contributed by atoms with Gasteiger partial charge in [-0.15, -0.1) is 0 Å². The van der Waals surface area contributed by atoms with Gasteiger partial charge in [0.1, 0.15) is 16.7 Å². The first-order valence-corrected chi connectivity index (χ1v) is 18.8. The minimum absolute atomic E-state index is 0.731. The second-order valence-corrected chi connectivity index (χ2v) is 14.5. The van der Waals surface area contributed by atoms with E-state index in [0.717, 1.165) is 94.4 Å². The summed E-state index contributed by atoms with van der Waals surface area (Å²) >= 11 is 0. The summed E-state index contributed by atoms with van der Waals surface area (Å²) in [5.74, 6) is 0. The number of rotatable bonds is 3. The van der Waals surface area contributed by atoms with Gasteiger partial charge in [-0.2, -0.15) is 0 Å². The van der Waals surface area contributed by atoms with Crippen molar-refractivity contribution in [2.75, 3.05) is 0 Å². The second-order valence-electron chi connectivity index (χ2n) is 14.5. The van der Waals surface area contributed by atoms with Gasteiger partial charge in [-0.25, -0.2) is 4.98 Å². The molecule has 7 aromatic heterocycles. The van der Waals surface area contributed by atoms with Crippen LogP contribution in [0.5, 0.6) is 0 Å². The van der Waals surface area contributed by atoms with Crippen LogP contribution < -0.4 is 0 Å². The Kier molecular flexibility index (Phi) is 5.77.